The molecule has 0 bridgehead atoms. The number of nitrogens with one attached hydrogen (secondary N) is 1. The van der Waals surface area contributed by atoms with Crippen LogP contribution in [0.5, 0.6) is 5.75 Å². The highest BCUT2D eigenvalue weighted by molar-refractivity contribution is 7.98. The van der Waals surface area contributed by atoms with E-state index in [1.807, 2.05) is 61.9 Å². The molecular weight excluding hydrogens is 386 g/mol. The summed E-state index contributed by atoms with van der Waals surface area (Å²) in [4.78, 5) is 12.4. The molecule has 8 heteroatoms. The number of ether oxygens (including phenoxy) is 1. The first-order valence-electron chi connectivity index (χ1n) is 9.20. The minimum Gasteiger partial charge on any atom is -0.494 e. The van der Waals surface area contributed by atoms with Crippen molar-refractivity contribution in [1.29, 1.82) is 0 Å². The number of thioether (sulfide) groups is 1. The van der Waals surface area contributed by atoms with Crippen LogP contribution >= 0.6 is 11.8 Å². The van der Waals surface area contributed by atoms with Crippen LogP contribution in [-0.4, -0.2) is 33.0 Å². The molecule has 1 aromatic heterocycles. The zero-order valence-corrected chi connectivity index (χ0v) is 17.4. The van der Waals surface area contributed by atoms with Gasteiger partial charge in [0, 0.05) is 18.4 Å². The lowest BCUT2D eigenvalue weighted by atomic mass is 10.1. The van der Waals surface area contributed by atoms with Crippen molar-refractivity contribution in [3.63, 3.8) is 0 Å². The van der Waals surface area contributed by atoms with Crippen molar-refractivity contribution >= 4 is 23.4 Å². The molecule has 1 amide bonds. The maximum Gasteiger partial charge on any atom is 0.271 e. The molecule has 0 radical (unpaired) electrons. The molecule has 7 nitrogen and oxygen atoms in total. The SMILES string of the molecule is CCOc1ccc(/C(C)=N\NC(=O)c2ccc(CSc3nncn3C)cc2)cc1. The van der Waals surface area contributed by atoms with E-state index in [1.54, 1.807) is 30.2 Å². The van der Waals surface area contributed by atoms with Gasteiger partial charge in [0.15, 0.2) is 5.16 Å². The normalized spacial score (nSPS) is 11.3. The van der Waals surface area contributed by atoms with Gasteiger partial charge in [-0.1, -0.05) is 23.9 Å². The fourth-order valence-electron chi connectivity index (χ4n) is 2.53. The average molecular weight is 410 g/mol. The third-order valence-corrected chi connectivity index (χ3v) is 5.27. The van der Waals surface area contributed by atoms with E-state index in [0.29, 0.717) is 12.2 Å². The smallest absolute Gasteiger partial charge is 0.271 e. The Balaban J connectivity index is 1.55. The maximum absolute atomic E-state index is 12.4. The molecule has 0 saturated carbocycles. The molecule has 2 aromatic carbocycles. The van der Waals surface area contributed by atoms with Crippen LogP contribution in [0.2, 0.25) is 0 Å². The Labute approximate surface area is 174 Å². The molecule has 0 aliphatic rings. The van der Waals surface area contributed by atoms with Crippen LogP contribution in [0.4, 0.5) is 0 Å². The molecule has 3 aromatic rings. The van der Waals surface area contributed by atoms with E-state index in [1.165, 1.54) is 0 Å². The summed E-state index contributed by atoms with van der Waals surface area (Å²) in [5.41, 5.74) is 5.91. The quantitative estimate of drug-likeness (QED) is 0.349. The summed E-state index contributed by atoms with van der Waals surface area (Å²) in [6, 6.07) is 15.1. The summed E-state index contributed by atoms with van der Waals surface area (Å²) in [7, 11) is 1.91. The largest absolute Gasteiger partial charge is 0.494 e. The highest BCUT2D eigenvalue weighted by atomic mass is 32.2. The van der Waals surface area contributed by atoms with Gasteiger partial charge in [0.05, 0.1) is 12.3 Å². The Bertz CT molecular complexity index is 981. The molecule has 0 saturated heterocycles. The van der Waals surface area contributed by atoms with E-state index in [4.69, 9.17) is 4.74 Å². The highest BCUT2D eigenvalue weighted by Gasteiger charge is 2.07. The van der Waals surface area contributed by atoms with Crippen molar-refractivity contribution in [1.82, 2.24) is 20.2 Å². The second-order valence-corrected chi connectivity index (χ2v) is 7.25. The standard InChI is InChI=1S/C21H23N5O2S/c1-4-28-19-11-9-17(10-12-19)15(2)23-24-20(27)18-7-5-16(6-8-18)13-29-21-25-22-14-26(21)3/h5-12,14H,4,13H2,1-3H3,(H,24,27)/b23-15-. The number of nitrogens with zero attached hydrogens (tertiary/aromatic N) is 4. The molecule has 29 heavy (non-hydrogen) atoms. The summed E-state index contributed by atoms with van der Waals surface area (Å²) < 4.78 is 7.30. The molecule has 1 heterocycles. The van der Waals surface area contributed by atoms with E-state index in [2.05, 4.69) is 20.7 Å². The Morgan fingerprint density at radius 1 is 1.14 bits per heavy atom. The average Bonchev–Trinajstić information content (AvgIpc) is 3.16. The van der Waals surface area contributed by atoms with Crippen LogP contribution < -0.4 is 10.2 Å². The van der Waals surface area contributed by atoms with E-state index >= 15 is 0 Å². The van der Waals surface area contributed by atoms with E-state index in [-0.39, 0.29) is 5.91 Å². The molecule has 150 valence electrons. The third kappa shape index (κ3) is 5.68. The predicted molar refractivity (Wildman–Crippen MR) is 114 cm³/mol. The lowest BCUT2D eigenvalue weighted by Gasteiger charge is -2.06. The van der Waals surface area contributed by atoms with Crippen LogP contribution in [0.15, 0.2) is 65.1 Å². The van der Waals surface area contributed by atoms with Crippen LogP contribution in [-0.2, 0) is 12.8 Å². The first-order valence-corrected chi connectivity index (χ1v) is 10.2. The van der Waals surface area contributed by atoms with Crippen molar-refractivity contribution in [3.05, 3.63) is 71.5 Å². The predicted octanol–water partition coefficient (Wildman–Crippen LogP) is 3.66. The van der Waals surface area contributed by atoms with Crippen LogP contribution in [0.1, 0.15) is 35.3 Å². The zero-order valence-electron chi connectivity index (χ0n) is 16.6. The number of aryl methyl sites for hydroxylation is 1. The van der Waals surface area contributed by atoms with Crippen LogP contribution in [0, 0.1) is 0 Å². The molecule has 0 aliphatic carbocycles. The number of hydrogen-bond acceptors (Lipinski definition) is 6. The van der Waals surface area contributed by atoms with Crippen molar-refractivity contribution in [2.45, 2.75) is 24.8 Å². The monoisotopic (exact) mass is 409 g/mol. The number of benzene rings is 2. The van der Waals surface area contributed by atoms with Gasteiger partial charge in [-0.2, -0.15) is 5.10 Å². The maximum atomic E-state index is 12.4. The highest BCUT2D eigenvalue weighted by Crippen LogP contribution is 2.20. The number of rotatable bonds is 8. The second kappa shape index (κ2) is 9.88. The van der Waals surface area contributed by atoms with Gasteiger partial charge in [-0.25, -0.2) is 5.43 Å². The van der Waals surface area contributed by atoms with Gasteiger partial charge in [-0.15, -0.1) is 10.2 Å². The van der Waals surface area contributed by atoms with Gasteiger partial charge in [-0.3, -0.25) is 4.79 Å². The summed E-state index contributed by atoms with van der Waals surface area (Å²) in [5.74, 6) is 1.32. The summed E-state index contributed by atoms with van der Waals surface area (Å²) in [5, 5.41) is 13.0. The van der Waals surface area contributed by atoms with Crippen LogP contribution in [0.3, 0.4) is 0 Å². The lowest BCUT2D eigenvalue weighted by molar-refractivity contribution is 0.0955. The summed E-state index contributed by atoms with van der Waals surface area (Å²) in [6.45, 7) is 4.42. The number of hydrazone groups is 1. The fraction of sp³-hybridized carbons (Fsp3) is 0.238. The number of carbonyl (C=O) groups is 1. The van der Waals surface area contributed by atoms with Gasteiger partial charge in [-0.05, 0) is 61.4 Å². The van der Waals surface area contributed by atoms with Crippen molar-refractivity contribution in [3.8, 4) is 5.75 Å². The lowest BCUT2D eigenvalue weighted by Crippen LogP contribution is -2.19. The topological polar surface area (TPSA) is 81.4 Å². The molecule has 0 aliphatic heterocycles. The zero-order chi connectivity index (χ0) is 20.6. The summed E-state index contributed by atoms with van der Waals surface area (Å²) >= 11 is 1.59. The fourth-order valence-corrected chi connectivity index (χ4v) is 3.37. The minimum atomic E-state index is -0.247. The summed E-state index contributed by atoms with van der Waals surface area (Å²) in [6.07, 6.45) is 1.67. The molecule has 3 rings (SSSR count). The Kier molecular flexibility index (Phi) is 7.02. The Morgan fingerprint density at radius 3 is 2.45 bits per heavy atom. The molecular formula is C21H23N5O2S. The molecule has 0 spiro atoms. The molecule has 0 fully saturated rings. The molecule has 1 N–H and O–H groups in total. The van der Waals surface area contributed by atoms with Gasteiger partial charge in [0.25, 0.3) is 5.91 Å². The molecule has 0 unspecified atom stereocenters. The van der Waals surface area contributed by atoms with E-state index < -0.39 is 0 Å². The third-order valence-electron chi connectivity index (χ3n) is 4.16. The van der Waals surface area contributed by atoms with E-state index in [0.717, 1.165) is 33.5 Å². The van der Waals surface area contributed by atoms with Crippen molar-refractivity contribution in [2.75, 3.05) is 6.61 Å². The van der Waals surface area contributed by atoms with Gasteiger partial charge in [0.1, 0.15) is 12.1 Å². The number of amides is 1. The molecule has 0 atom stereocenters. The number of carbonyl (C=O) groups excluding carboxylic acids is 1. The Morgan fingerprint density at radius 2 is 1.83 bits per heavy atom. The first-order chi connectivity index (χ1) is 14.1. The van der Waals surface area contributed by atoms with Gasteiger partial charge >= 0.3 is 0 Å². The Hall–Kier alpha value is -3.13. The van der Waals surface area contributed by atoms with Crippen molar-refractivity contribution in [2.24, 2.45) is 12.1 Å². The first kappa shape index (κ1) is 20.6. The second-order valence-electron chi connectivity index (χ2n) is 6.31. The van der Waals surface area contributed by atoms with E-state index in [9.17, 15) is 4.79 Å². The minimum absolute atomic E-state index is 0.247. The van der Waals surface area contributed by atoms with Gasteiger partial charge < -0.3 is 9.30 Å². The number of hydrogen-bond donors (Lipinski definition) is 1. The van der Waals surface area contributed by atoms with Crippen molar-refractivity contribution < 1.29 is 9.53 Å². The van der Waals surface area contributed by atoms with Gasteiger partial charge in [0.2, 0.25) is 0 Å². The number of aromatic nitrogens is 3. The van der Waals surface area contributed by atoms with Crippen LogP contribution in [0.25, 0.3) is 0 Å².